The molecular formula is C10H12IN3OS. The molecule has 4 nitrogen and oxygen atoms in total. The van der Waals surface area contributed by atoms with Gasteiger partial charge in [0.15, 0.2) is 5.16 Å². The monoisotopic (exact) mass is 349 g/mol. The van der Waals surface area contributed by atoms with Crippen LogP contribution in [0.5, 0.6) is 0 Å². The minimum Gasteiger partial charge on any atom is -0.374 e. The highest BCUT2D eigenvalue weighted by Crippen LogP contribution is 2.32. The topological polar surface area (TPSA) is 38.2 Å². The summed E-state index contributed by atoms with van der Waals surface area (Å²) in [7, 11) is 0. The second-order valence-electron chi connectivity index (χ2n) is 4.03. The number of morpholine rings is 1. The molecule has 0 saturated carbocycles. The van der Waals surface area contributed by atoms with Gasteiger partial charge in [-0.25, -0.2) is 9.97 Å². The summed E-state index contributed by atoms with van der Waals surface area (Å²) in [5.41, 5.74) is 0. The van der Waals surface area contributed by atoms with Crippen LogP contribution < -0.4 is 4.90 Å². The Kier molecular flexibility index (Phi) is 2.97. The van der Waals surface area contributed by atoms with Crippen LogP contribution >= 0.6 is 34.4 Å². The van der Waals surface area contributed by atoms with E-state index in [0.717, 1.165) is 34.2 Å². The lowest BCUT2D eigenvalue weighted by Gasteiger charge is -2.28. The normalized spacial score (nSPS) is 27.8. The Morgan fingerprint density at radius 3 is 3.06 bits per heavy atom. The molecule has 1 aromatic heterocycles. The van der Waals surface area contributed by atoms with Gasteiger partial charge in [-0.05, 0) is 35.3 Å². The molecular weight excluding hydrogens is 337 g/mol. The van der Waals surface area contributed by atoms with E-state index < -0.39 is 0 Å². The lowest BCUT2D eigenvalue weighted by Crippen LogP contribution is -2.37. The zero-order valence-electron chi connectivity index (χ0n) is 8.89. The van der Waals surface area contributed by atoms with Crippen LogP contribution in [-0.4, -0.2) is 41.5 Å². The summed E-state index contributed by atoms with van der Waals surface area (Å²) in [6.07, 6.45) is 3.57. The molecule has 0 N–H and O–H groups in total. The smallest absolute Gasteiger partial charge is 0.190 e. The van der Waals surface area contributed by atoms with Gasteiger partial charge in [-0.2, -0.15) is 0 Å². The van der Waals surface area contributed by atoms with Gasteiger partial charge in [0.25, 0.3) is 0 Å². The molecule has 86 valence electrons. The van der Waals surface area contributed by atoms with Crippen molar-refractivity contribution in [2.45, 2.75) is 23.7 Å². The fourth-order valence-electron chi connectivity index (χ4n) is 2.30. The van der Waals surface area contributed by atoms with E-state index in [2.05, 4.69) is 43.5 Å². The number of hydrogen-bond donors (Lipinski definition) is 0. The van der Waals surface area contributed by atoms with Gasteiger partial charge in [0, 0.05) is 12.6 Å². The van der Waals surface area contributed by atoms with E-state index in [-0.39, 0.29) is 0 Å². The van der Waals surface area contributed by atoms with Crippen molar-refractivity contribution in [3.63, 3.8) is 0 Å². The fraction of sp³-hybridized carbons (Fsp3) is 0.600. The van der Waals surface area contributed by atoms with Crippen LogP contribution in [0.1, 0.15) is 6.42 Å². The van der Waals surface area contributed by atoms with E-state index in [1.54, 1.807) is 11.8 Å². The van der Waals surface area contributed by atoms with Gasteiger partial charge in [0.05, 0.1) is 18.8 Å². The van der Waals surface area contributed by atoms with E-state index in [4.69, 9.17) is 4.74 Å². The summed E-state index contributed by atoms with van der Waals surface area (Å²) in [6, 6.07) is 2.58. The second-order valence-corrected chi connectivity index (χ2v) is 5.91. The predicted molar refractivity (Wildman–Crippen MR) is 72.0 cm³/mol. The maximum Gasteiger partial charge on any atom is 0.190 e. The molecule has 0 spiro atoms. The summed E-state index contributed by atoms with van der Waals surface area (Å²) < 4.78 is 6.61. The largest absolute Gasteiger partial charge is 0.374 e. The van der Waals surface area contributed by atoms with Gasteiger partial charge in [-0.15, -0.1) is 0 Å². The molecule has 2 bridgehead atoms. The maximum absolute atomic E-state index is 5.60. The van der Waals surface area contributed by atoms with E-state index in [9.17, 15) is 0 Å². The van der Waals surface area contributed by atoms with Gasteiger partial charge >= 0.3 is 0 Å². The summed E-state index contributed by atoms with van der Waals surface area (Å²) in [5, 5.41) is 0.852. The van der Waals surface area contributed by atoms with E-state index in [1.807, 2.05) is 6.26 Å². The van der Waals surface area contributed by atoms with Gasteiger partial charge in [-0.1, -0.05) is 11.8 Å². The number of thioether (sulfide) groups is 1. The number of aromatic nitrogens is 2. The van der Waals surface area contributed by atoms with Crippen LogP contribution in [0, 0.1) is 3.70 Å². The Hall–Kier alpha value is -0.0800. The quantitative estimate of drug-likeness (QED) is 0.352. The Balaban J connectivity index is 1.91. The number of nitrogens with zero attached hydrogens (tertiary/aromatic N) is 3. The van der Waals surface area contributed by atoms with Crippen molar-refractivity contribution in [2.75, 3.05) is 24.3 Å². The number of ether oxygens (including phenoxy) is 1. The molecule has 0 aliphatic carbocycles. The Morgan fingerprint density at radius 1 is 1.56 bits per heavy atom. The van der Waals surface area contributed by atoms with Crippen molar-refractivity contribution in [3.8, 4) is 0 Å². The summed E-state index contributed by atoms with van der Waals surface area (Å²) in [6.45, 7) is 1.82. The van der Waals surface area contributed by atoms with Crippen molar-refractivity contribution in [3.05, 3.63) is 9.77 Å². The van der Waals surface area contributed by atoms with Gasteiger partial charge in [-0.3, -0.25) is 0 Å². The molecule has 2 saturated heterocycles. The third kappa shape index (κ3) is 1.91. The molecule has 6 heteroatoms. The number of halogens is 1. The highest BCUT2D eigenvalue weighted by molar-refractivity contribution is 14.1. The average molecular weight is 349 g/mol. The molecule has 0 amide bonds. The Morgan fingerprint density at radius 2 is 2.44 bits per heavy atom. The molecule has 3 heterocycles. The zero-order chi connectivity index (χ0) is 11.1. The first-order valence-electron chi connectivity index (χ1n) is 5.23. The number of fused-ring (bicyclic) bond motifs is 2. The molecule has 1 aromatic rings. The van der Waals surface area contributed by atoms with Crippen LogP contribution in [0.2, 0.25) is 0 Å². The molecule has 2 fully saturated rings. The van der Waals surface area contributed by atoms with E-state index in [0.29, 0.717) is 12.1 Å². The van der Waals surface area contributed by atoms with Crippen LogP contribution in [0.3, 0.4) is 0 Å². The third-order valence-electron chi connectivity index (χ3n) is 3.04. The molecule has 2 atom stereocenters. The van der Waals surface area contributed by atoms with Crippen LogP contribution in [0.4, 0.5) is 5.82 Å². The molecule has 2 unspecified atom stereocenters. The minimum atomic E-state index is 0.412. The molecule has 16 heavy (non-hydrogen) atoms. The van der Waals surface area contributed by atoms with Gasteiger partial charge in [0.1, 0.15) is 9.52 Å². The lowest BCUT2D eigenvalue weighted by molar-refractivity contribution is 0.0988. The Bertz CT molecular complexity index is 417. The molecule has 3 rings (SSSR count). The second kappa shape index (κ2) is 4.30. The van der Waals surface area contributed by atoms with Crippen molar-refractivity contribution in [1.29, 1.82) is 0 Å². The number of anilines is 1. The first-order valence-corrected chi connectivity index (χ1v) is 7.53. The Labute approximate surface area is 112 Å². The molecule has 0 radical (unpaired) electrons. The van der Waals surface area contributed by atoms with Crippen LogP contribution in [-0.2, 0) is 4.74 Å². The first-order chi connectivity index (χ1) is 7.76. The molecule has 2 aliphatic rings. The van der Waals surface area contributed by atoms with Gasteiger partial charge in [0.2, 0.25) is 0 Å². The van der Waals surface area contributed by atoms with Crippen LogP contribution in [0.15, 0.2) is 11.2 Å². The third-order valence-corrected chi connectivity index (χ3v) is 4.14. The highest BCUT2D eigenvalue weighted by Gasteiger charge is 2.39. The summed E-state index contributed by atoms with van der Waals surface area (Å²) in [5.74, 6) is 1.06. The van der Waals surface area contributed by atoms with Crippen molar-refractivity contribution in [2.24, 2.45) is 0 Å². The standard InChI is InChI=1S/C10H12IN3OS/c1-16-10-12-8(11)3-9(13-10)14-4-7-2-6(14)5-15-7/h3,6-7H,2,4-5H2,1H3. The zero-order valence-corrected chi connectivity index (χ0v) is 11.9. The first kappa shape index (κ1) is 11.0. The average Bonchev–Trinajstić information content (AvgIpc) is 2.89. The maximum atomic E-state index is 5.60. The van der Waals surface area contributed by atoms with E-state index >= 15 is 0 Å². The predicted octanol–water partition coefficient (Wildman–Crippen LogP) is 1.78. The SMILES string of the molecule is CSc1nc(I)cc(N2CC3CC2CO3)n1. The lowest BCUT2D eigenvalue weighted by atomic mass is 10.2. The van der Waals surface area contributed by atoms with Crippen molar-refractivity contribution < 1.29 is 4.74 Å². The van der Waals surface area contributed by atoms with Crippen LogP contribution in [0.25, 0.3) is 0 Å². The number of hydrogen-bond acceptors (Lipinski definition) is 5. The number of rotatable bonds is 2. The molecule has 2 aliphatic heterocycles. The molecule has 0 aromatic carbocycles. The van der Waals surface area contributed by atoms with Crippen molar-refractivity contribution in [1.82, 2.24) is 9.97 Å². The van der Waals surface area contributed by atoms with Gasteiger partial charge < -0.3 is 9.64 Å². The summed E-state index contributed by atoms with van der Waals surface area (Å²) >= 11 is 3.84. The summed E-state index contributed by atoms with van der Waals surface area (Å²) in [4.78, 5) is 11.3. The van der Waals surface area contributed by atoms with Crippen molar-refractivity contribution >= 4 is 40.2 Å². The fourth-order valence-corrected chi connectivity index (χ4v) is 3.35. The highest BCUT2D eigenvalue weighted by atomic mass is 127. The minimum absolute atomic E-state index is 0.412. The van der Waals surface area contributed by atoms with E-state index in [1.165, 1.54) is 0 Å².